The molecule has 4 nitrogen and oxygen atoms in total. The largest absolute Gasteiger partial charge is 0.311 e. The summed E-state index contributed by atoms with van der Waals surface area (Å²) in [5, 5.41) is 11.6. The molecule has 1 heterocycles. The number of hydrogen-bond donors (Lipinski definition) is 1. The van der Waals surface area contributed by atoms with Gasteiger partial charge in [0.15, 0.2) is 0 Å². The van der Waals surface area contributed by atoms with Crippen molar-refractivity contribution in [3.8, 4) is 5.69 Å². The molecule has 2 aromatic rings. The van der Waals surface area contributed by atoms with Crippen LogP contribution in [0.3, 0.4) is 0 Å². The van der Waals surface area contributed by atoms with Crippen molar-refractivity contribution in [2.75, 3.05) is 6.54 Å². The van der Waals surface area contributed by atoms with Crippen molar-refractivity contribution in [1.82, 2.24) is 20.3 Å². The molecule has 1 aromatic carbocycles. The minimum atomic E-state index is 0.767. The molecule has 2 rings (SSSR count). The van der Waals surface area contributed by atoms with E-state index < -0.39 is 0 Å². The van der Waals surface area contributed by atoms with Crippen LogP contribution in [0.5, 0.6) is 0 Å². The second kappa shape index (κ2) is 6.11. The van der Waals surface area contributed by atoms with E-state index in [0.29, 0.717) is 0 Å². The lowest BCUT2D eigenvalue weighted by Crippen LogP contribution is -2.13. The predicted molar refractivity (Wildman–Crippen MR) is 75.8 cm³/mol. The van der Waals surface area contributed by atoms with Crippen LogP contribution in [0.4, 0.5) is 0 Å². The Kier molecular flexibility index (Phi) is 4.49. The van der Waals surface area contributed by atoms with Crippen molar-refractivity contribution >= 4 is 15.9 Å². The zero-order valence-electron chi connectivity index (χ0n) is 10.7. The molecule has 0 unspecified atom stereocenters. The third-order valence-electron chi connectivity index (χ3n) is 2.68. The number of nitrogens with one attached hydrogen (secondary N) is 1. The van der Waals surface area contributed by atoms with Crippen LogP contribution in [0.2, 0.25) is 0 Å². The Morgan fingerprint density at radius 3 is 2.94 bits per heavy atom. The topological polar surface area (TPSA) is 42.7 Å². The number of halogens is 1. The standard InChI is InChI=1S/C13H17BrN4/c1-3-6-15-8-11-9-18(17-16-11)12-4-5-13(14)10(2)7-12/h4-5,7,9,15H,3,6,8H2,1-2H3. The highest BCUT2D eigenvalue weighted by Crippen LogP contribution is 2.19. The highest BCUT2D eigenvalue weighted by atomic mass is 79.9. The summed E-state index contributed by atoms with van der Waals surface area (Å²) in [4.78, 5) is 0. The van der Waals surface area contributed by atoms with Gasteiger partial charge in [0.2, 0.25) is 0 Å². The van der Waals surface area contributed by atoms with E-state index in [1.54, 1.807) is 0 Å². The van der Waals surface area contributed by atoms with Crippen molar-refractivity contribution in [3.05, 3.63) is 40.1 Å². The Bertz CT molecular complexity index is 521. The molecule has 0 amide bonds. The maximum Gasteiger partial charge on any atom is 0.0969 e. The van der Waals surface area contributed by atoms with Crippen LogP contribution < -0.4 is 5.32 Å². The van der Waals surface area contributed by atoms with Gasteiger partial charge in [-0.2, -0.15) is 0 Å². The molecule has 0 saturated heterocycles. The van der Waals surface area contributed by atoms with Gasteiger partial charge in [-0.15, -0.1) is 5.10 Å². The average Bonchev–Trinajstić information content (AvgIpc) is 2.82. The minimum absolute atomic E-state index is 0.767. The Hall–Kier alpha value is -1.20. The first-order chi connectivity index (χ1) is 8.70. The Balaban J connectivity index is 2.11. The Labute approximate surface area is 116 Å². The van der Waals surface area contributed by atoms with Crippen molar-refractivity contribution in [1.29, 1.82) is 0 Å². The van der Waals surface area contributed by atoms with Gasteiger partial charge in [0, 0.05) is 11.0 Å². The first-order valence-electron chi connectivity index (χ1n) is 6.09. The van der Waals surface area contributed by atoms with Crippen molar-refractivity contribution in [2.24, 2.45) is 0 Å². The molecule has 5 heteroatoms. The van der Waals surface area contributed by atoms with Gasteiger partial charge < -0.3 is 5.32 Å². The molecule has 1 N–H and O–H groups in total. The second-order valence-corrected chi connectivity index (χ2v) is 5.12. The third kappa shape index (κ3) is 3.17. The van der Waals surface area contributed by atoms with Crippen LogP contribution in [0, 0.1) is 6.92 Å². The lowest BCUT2D eigenvalue weighted by molar-refractivity contribution is 0.662. The molecule has 1 aromatic heterocycles. The summed E-state index contributed by atoms with van der Waals surface area (Å²) < 4.78 is 2.92. The van der Waals surface area contributed by atoms with E-state index in [4.69, 9.17) is 0 Å². The fourth-order valence-corrected chi connectivity index (χ4v) is 1.92. The molecular weight excluding hydrogens is 292 g/mol. The van der Waals surface area contributed by atoms with E-state index in [9.17, 15) is 0 Å². The molecule has 96 valence electrons. The lowest BCUT2D eigenvalue weighted by Gasteiger charge is -2.03. The zero-order valence-corrected chi connectivity index (χ0v) is 12.2. The highest BCUT2D eigenvalue weighted by Gasteiger charge is 2.03. The lowest BCUT2D eigenvalue weighted by atomic mass is 10.2. The van der Waals surface area contributed by atoms with Crippen LogP contribution in [-0.4, -0.2) is 21.5 Å². The summed E-state index contributed by atoms with van der Waals surface area (Å²) in [6, 6.07) is 6.14. The fourth-order valence-electron chi connectivity index (χ4n) is 1.67. The summed E-state index contributed by atoms with van der Waals surface area (Å²) in [5.41, 5.74) is 3.18. The van der Waals surface area contributed by atoms with Gasteiger partial charge in [-0.05, 0) is 43.7 Å². The van der Waals surface area contributed by atoms with Gasteiger partial charge in [-0.1, -0.05) is 28.1 Å². The molecule has 0 atom stereocenters. The monoisotopic (exact) mass is 308 g/mol. The normalized spacial score (nSPS) is 10.8. The Morgan fingerprint density at radius 1 is 1.39 bits per heavy atom. The summed E-state index contributed by atoms with van der Waals surface area (Å²) in [7, 11) is 0. The second-order valence-electron chi connectivity index (χ2n) is 4.26. The number of nitrogens with zero attached hydrogens (tertiary/aromatic N) is 3. The quantitative estimate of drug-likeness (QED) is 0.864. The smallest absolute Gasteiger partial charge is 0.0969 e. The minimum Gasteiger partial charge on any atom is -0.311 e. The van der Waals surface area contributed by atoms with Crippen LogP contribution >= 0.6 is 15.9 Å². The van der Waals surface area contributed by atoms with E-state index in [1.165, 1.54) is 5.56 Å². The number of hydrogen-bond acceptors (Lipinski definition) is 3. The maximum absolute atomic E-state index is 4.16. The third-order valence-corrected chi connectivity index (χ3v) is 3.57. The molecule has 0 aliphatic heterocycles. The van der Waals surface area contributed by atoms with Crippen molar-refractivity contribution < 1.29 is 0 Å². The zero-order chi connectivity index (χ0) is 13.0. The SMILES string of the molecule is CCCNCc1cn(-c2ccc(Br)c(C)c2)nn1. The molecule has 0 bridgehead atoms. The van der Waals surface area contributed by atoms with Crippen LogP contribution in [-0.2, 0) is 6.54 Å². The molecule has 0 aliphatic carbocycles. The fraction of sp³-hybridized carbons (Fsp3) is 0.385. The molecular formula is C13H17BrN4. The molecule has 18 heavy (non-hydrogen) atoms. The van der Waals surface area contributed by atoms with E-state index in [0.717, 1.165) is 35.4 Å². The van der Waals surface area contributed by atoms with E-state index in [1.807, 2.05) is 23.0 Å². The number of benzene rings is 1. The number of aromatic nitrogens is 3. The molecule has 0 spiro atoms. The summed E-state index contributed by atoms with van der Waals surface area (Å²) >= 11 is 3.49. The number of aryl methyl sites for hydroxylation is 1. The average molecular weight is 309 g/mol. The molecule has 0 saturated carbocycles. The van der Waals surface area contributed by atoms with Crippen molar-refractivity contribution in [3.63, 3.8) is 0 Å². The first kappa shape index (κ1) is 13.2. The van der Waals surface area contributed by atoms with Crippen LogP contribution in [0.15, 0.2) is 28.9 Å². The summed E-state index contributed by atoms with van der Waals surface area (Å²) in [5.74, 6) is 0. The van der Waals surface area contributed by atoms with Gasteiger partial charge >= 0.3 is 0 Å². The number of rotatable bonds is 5. The van der Waals surface area contributed by atoms with Gasteiger partial charge in [0.1, 0.15) is 0 Å². The van der Waals surface area contributed by atoms with Gasteiger partial charge in [-0.3, -0.25) is 0 Å². The molecule has 0 radical (unpaired) electrons. The maximum atomic E-state index is 4.16. The summed E-state index contributed by atoms with van der Waals surface area (Å²) in [6.45, 7) is 5.98. The van der Waals surface area contributed by atoms with Gasteiger partial charge in [0.05, 0.1) is 17.6 Å². The van der Waals surface area contributed by atoms with E-state index in [2.05, 4.69) is 51.5 Å². The van der Waals surface area contributed by atoms with Gasteiger partial charge in [-0.25, -0.2) is 4.68 Å². The predicted octanol–water partition coefficient (Wildman–Crippen LogP) is 2.84. The summed E-state index contributed by atoms with van der Waals surface area (Å²) in [6.07, 6.45) is 3.09. The first-order valence-corrected chi connectivity index (χ1v) is 6.88. The molecule has 0 fully saturated rings. The van der Waals surface area contributed by atoms with Gasteiger partial charge in [0.25, 0.3) is 0 Å². The van der Waals surface area contributed by atoms with Crippen LogP contribution in [0.1, 0.15) is 24.6 Å². The molecule has 0 aliphatic rings. The van der Waals surface area contributed by atoms with Crippen LogP contribution in [0.25, 0.3) is 5.69 Å². The van der Waals surface area contributed by atoms with E-state index in [-0.39, 0.29) is 0 Å². The van der Waals surface area contributed by atoms with Crippen molar-refractivity contribution in [2.45, 2.75) is 26.8 Å². The van der Waals surface area contributed by atoms with E-state index >= 15 is 0 Å². The highest BCUT2D eigenvalue weighted by molar-refractivity contribution is 9.10. The Morgan fingerprint density at radius 2 is 2.22 bits per heavy atom.